The number of nitrogens with zero attached hydrogens (tertiary/aromatic N) is 1. The van der Waals surface area contributed by atoms with Gasteiger partial charge in [0.2, 0.25) is 0 Å². The second kappa shape index (κ2) is 7.11. The van der Waals surface area contributed by atoms with E-state index in [1.807, 2.05) is 20.9 Å². The highest BCUT2D eigenvalue weighted by Gasteiger charge is 2.31. The van der Waals surface area contributed by atoms with Crippen molar-refractivity contribution in [1.29, 1.82) is 0 Å². The summed E-state index contributed by atoms with van der Waals surface area (Å²) in [6, 6.07) is 4.13. The van der Waals surface area contributed by atoms with Crippen molar-refractivity contribution in [2.75, 3.05) is 20.7 Å². The maximum atomic E-state index is 12.4. The van der Waals surface area contributed by atoms with Crippen LogP contribution in [0.3, 0.4) is 0 Å². The summed E-state index contributed by atoms with van der Waals surface area (Å²) in [5.41, 5.74) is 8.86. The minimum Gasteiger partial charge on any atom is -0.496 e. The maximum absolute atomic E-state index is 12.4. The Morgan fingerprint density at radius 2 is 2.00 bits per heavy atom. The van der Waals surface area contributed by atoms with Gasteiger partial charge in [0, 0.05) is 20.1 Å². The van der Waals surface area contributed by atoms with Crippen molar-refractivity contribution in [3.05, 3.63) is 28.8 Å². The number of carbonyl (C=O) groups is 1. The van der Waals surface area contributed by atoms with Crippen LogP contribution in [0.1, 0.15) is 29.5 Å². The molecular weight excluding hydrogens is 280 g/mol. The Labute approximate surface area is 132 Å². The van der Waals surface area contributed by atoms with Gasteiger partial charge in [0.25, 0.3) is 5.91 Å². The molecule has 1 aliphatic rings. The summed E-state index contributed by atoms with van der Waals surface area (Å²) in [4.78, 5) is 14.2. The molecule has 1 amide bonds. The molecule has 1 fully saturated rings. The van der Waals surface area contributed by atoms with Crippen LogP contribution in [0.25, 0.3) is 0 Å². The fourth-order valence-corrected chi connectivity index (χ4v) is 3.11. The molecule has 1 saturated heterocycles. The number of nitrogens with two attached hydrogens (primary N) is 1. The third kappa shape index (κ3) is 3.59. The highest BCUT2D eigenvalue weighted by Crippen LogP contribution is 2.25. The molecule has 0 saturated carbocycles. The molecule has 0 bridgehead atoms. The normalized spacial score (nSPS) is 21.0. The second-order valence-corrected chi connectivity index (χ2v) is 6.02. The van der Waals surface area contributed by atoms with Gasteiger partial charge in [0.1, 0.15) is 11.9 Å². The van der Waals surface area contributed by atoms with E-state index >= 15 is 0 Å². The summed E-state index contributed by atoms with van der Waals surface area (Å²) in [5, 5.41) is 0. The topological polar surface area (TPSA) is 64.8 Å². The van der Waals surface area contributed by atoms with E-state index in [0.717, 1.165) is 35.3 Å². The van der Waals surface area contributed by atoms with Gasteiger partial charge in [-0.05, 0) is 43.4 Å². The quantitative estimate of drug-likeness (QED) is 0.900. The maximum Gasteiger partial charge on any atom is 0.251 e. The number of hydrogen-bond acceptors (Lipinski definition) is 4. The predicted octanol–water partition coefficient (Wildman–Crippen LogP) is 1.78. The number of aryl methyl sites for hydroxylation is 2. The van der Waals surface area contributed by atoms with Crippen LogP contribution >= 0.6 is 0 Å². The molecule has 2 rings (SSSR count). The van der Waals surface area contributed by atoms with Crippen LogP contribution < -0.4 is 10.5 Å². The number of likely N-dealkylation sites (N-methyl/N-ethyl adjacent to an activating group) is 1. The third-order valence-electron chi connectivity index (χ3n) is 4.17. The smallest absolute Gasteiger partial charge is 0.251 e. The number of rotatable bonds is 5. The van der Waals surface area contributed by atoms with Gasteiger partial charge >= 0.3 is 0 Å². The molecule has 5 nitrogen and oxygen atoms in total. The van der Waals surface area contributed by atoms with E-state index in [2.05, 4.69) is 12.1 Å². The Hall–Kier alpha value is -1.59. The van der Waals surface area contributed by atoms with Gasteiger partial charge in [-0.2, -0.15) is 0 Å². The van der Waals surface area contributed by atoms with Crippen LogP contribution in [0.15, 0.2) is 12.1 Å². The van der Waals surface area contributed by atoms with Crippen molar-refractivity contribution in [3.63, 3.8) is 0 Å². The lowest BCUT2D eigenvalue weighted by Gasteiger charge is -2.22. The van der Waals surface area contributed by atoms with E-state index in [1.54, 1.807) is 12.0 Å². The van der Waals surface area contributed by atoms with Crippen LogP contribution in [0.2, 0.25) is 0 Å². The molecule has 1 heterocycles. The van der Waals surface area contributed by atoms with E-state index in [4.69, 9.17) is 15.2 Å². The Morgan fingerprint density at radius 3 is 2.50 bits per heavy atom. The number of benzene rings is 1. The zero-order chi connectivity index (χ0) is 16.3. The molecule has 1 aromatic carbocycles. The van der Waals surface area contributed by atoms with Crippen LogP contribution in [0.4, 0.5) is 0 Å². The van der Waals surface area contributed by atoms with Gasteiger partial charge in [-0.15, -0.1) is 0 Å². The van der Waals surface area contributed by atoms with Crippen LogP contribution in [0, 0.1) is 13.8 Å². The van der Waals surface area contributed by atoms with E-state index in [9.17, 15) is 4.79 Å². The molecule has 0 radical (unpaired) electrons. The monoisotopic (exact) mass is 306 g/mol. The molecular formula is C17H26N2O3. The number of carbonyl (C=O) groups excluding carboxylic acids is 1. The van der Waals surface area contributed by atoms with Crippen LogP contribution in [-0.4, -0.2) is 43.7 Å². The minimum absolute atomic E-state index is 0.0211. The van der Waals surface area contributed by atoms with Gasteiger partial charge in [-0.25, -0.2) is 0 Å². The summed E-state index contributed by atoms with van der Waals surface area (Å²) >= 11 is 0. The molecule has 1 aromatic rings. The minimum atomic E-state index is -0.348. The largest absolute Gasteiger partial charge is 0.496 e. The fourth-order valence-electron chi connectivity index (χ4n) is 3.11. The van der Waals surface area contributed by atoms with E-state index < -0.39 is 0 Å². The Morgan fingerprint density at radius 1 is 1.36 bits per heavy atom. The lowest BCUT2D eigenvalue weighted by Crippen LogP contribution is -2.36. The summed E-state index contributed by atoms with van der Waals surface area (Å²) in [6.45, 7) is 5.08. The van der Waals surface area contributed by atoms with Gasteiger partial charge in [-0.1, -0.05) is 12.1 Å². The second-order valence-electron chi connectivity index (χ2n) is 6.02. The van der Waals surface area contributed by atoms with Gasteiger partial charge < -0.3 is 20.1 Å². The van der Waals surface area contributed by atoms with Crippen molar-refractivity contribution >= 4 is 5.91 Å². The zero-order valence-electron chi connectivity index (χ0n) is 13.9. The van der Waals surface area contributed by atoms with Crippen molar-refractivity contribution in [1.82, 2.24) is 4.90 Å². The first-order valence-corrected chi connectivity index (χ1v) is 7.70. The van der Waals surface area contributed by atoms with E-state index in [1.165, 1.54) is 0 Å². The first-order chi connectivity index (χ1) is 10.5. The van der Waals surface area contributed by atoms with Gasteiger partial charge in [-0.3, -0.25) is 4.79 Å². The fraction of sp³-hybridized carbons (Fsp3) is 0.588. The van der Waals surface area contributed by atoms with Crippen molar-refractivity contribution < 1.29 is 14.3 Å². The summed E-state index contributed by atoms with van der Waals surface area (Å²) < 4.78 is 11.1. The highest BCUT2D eigenvalue weighted by atomic mass is 16.5. The van der Waals surface area contributed by atoms with Crippen LogP contribution in [0.5, 0.6) is 5.75 Å². The number of amides is 1. The first kappa shape index (κ1) is 16.8. The summed E-state index contributed by atoms with van der Waals surface area (Å²) in [6.07, 6.45) is 1.29. The molecule has 0 spiro atoms. The number of ether oxygens (including phenoxy) is 2. The third-order valence-corrected chi connectivity index (χ3v) is 4.17. The summed E-state index contributed by atoms with van der Waals surface area (Å²) in [5.74, 6) is 0.935. The molecule has 122 valence electrons. The summed E-state index contributed by atoms with van der Waals surface area (Å²) in [7, 11) is 3.49. The molecule has 0 aliphatic carbocycles. The zero-order valence-corrected chi connectivity index (χ0v) is 13.9. The molecule has 22 heavy (non-hydrogen) atoms. The molecule has 2 atom stereocenters. The SMILES string of the molecule is COc1c(C)cc(CN(C)C(=O)[C@@H]2CC[C@H](CN)O2)cc1C. The Balaban J connectivity index is 2.03. The first-order valence-electron chi connectivity index (χ1n) is 7.70. The average molecular weight is 306 g/mol. The van der Waals surface area contributed by atoms with Crippen molar-refractivity contribution in [2.24, 2.45) is 5.73 Å². The number of methoxy groups -OCH3 is 1. The standard InChI is InChI=1S/C17H26N2O3/c1-11-7-13(8-12(2)16(11)21-4)10-19(3)17(20)15-6-5-14(9-18)22-15/h7-8,14-15H,5-6,9-10,18H2,1-4H3/t14-,15+/m1/s1. The molecule has 0 unspecified atom stereocenters. The Kier molecular flexibility index (Phi) is 5.42. The van der Waals surface area contributed by atoms with Gasteiger partial charge in [0.15, 0.2) is 0 Å². The highest BCUT2D eigenvalue weighted by molar-refractivity contribution is 5.81. The molecule has 2 N–H and O–H groups in total. The lowest BCUT2D eigenvalue weighted by molar-refractivity contribution is -0.141. The van der Waals surface area contributed by atoms with E-state index in [0.29, 0.717) is 13.1 Å². The molecule has 1 aliphatic heterocycles. The Bertz CT molecular complexity index is 522. The van der Waals surface area contributed by atoms with Crippen LogP contribution in [-0.2, 0) is 16.1 Å². The van der Waals surface area contributed by atoms with E-state index in [-0.39, 0.29) is 18.1 Å². The molecule has 0 aromatic heterocycles. The van der Waals surface area contributed by atoms with Crippen molar-refractivity contribution in [3.8, 4) is 5.75 Å². The predicted molar refractivity (Wildman–Crippen MR) is 85.9 cm³/mol. The lowest BCUT2D eigenvalue weighted by atomic mass is 10.0. The van der Waals surface area contributed by atoms with Gasteiger partial charge in [0.05, 0.1) is 13.2 Å². The molecule has 5 heteroatoms. The van der Waals surface area contributed by atoms with Crippen molar-refractivity contribution in [2.45, 2.75) is 45.4 Å². The average Bonchev–Trinajstić information content (AvgIpc) is 2.95. The number of hydrogen-bond donors (Lipinski definition) is 1.